The summed E-state index contributed by atoms with van der Waals surface area (Å²) in [7, 11) is 0. The van der Waals surface area contributed by atoms with Gasteiger partial charge < -0.3 is 5.32 Å². The van der Waals surface area contributed by atoms with Crippen LogP contribution in [0.1, 0.15) is 72.7 Å². The van der Waals surface area contributed by atoms with Gasteiger partial charge in [0.15, 0.2) is 5.65 Å². The average Bonchev–Trinajstić information content (AvgIpc) is 3.46. The second kappa shape index (κ2) is 6.92. The minimum absolute atomic E-state index is 0.0238. The van der Waals surface area contributed by atoms with E-state index in [0.29, 0.717) is 11.5 Å². The van der Waals surface area contributed by atoms with E-state index < -0.39 is 0 Å². The Morgan fingerprint density at radius 3 is 2.86 bits per heavy atom. The van der Waals surface area contributed by atoms with Gasteiger partial charge in [0.2, 0.25) is 0 Å². The predicted octanol–water partition coefficient (Wildman–Crippen LogP) is 4.86. The van der Waals surface area contributed by atoms with Crippen LogP contribution < -0.4 is 5.32 Å². The molecule has 2 aliphatic rings. The molecule has 5 rings (SSSR count). The molecule has 2 aromatic heterocycles. The number of amides is 1. The van der Waals surface area contributed by atoms with Crippen molar-refractivity contribution in [1.29, 1.82) is 0 Å². The molecule has 1 aromatic carbocycles. The van der Waals surface area contributed by atoms with Gasteiger partial charge in [0.1, 0.15) is 0 Å². The van der Waals surface area contributed by atoms with Crippen molar-refractivity contribution in [3.05, 3.63) is 53.3 Å². The summed E-state index contributed by atoms with van der Waals surface area (Å²) in [5.41, 5.74) is 3.77. The third kappa shape index (κ3) is 3.09. The fraction of sp³-hybridized carbons (Fsp3) is 0.409. The van der Waals surface area contributed by atoms with Crippen LogP contribution in [0.2, 0.25) is 0 Å². The van der Waals surface area contributed by atoms with E-state index in [9.17, 15) is 4.79 Å². The van der Waals surface area contributed by atoms with Crippen LogP contribution >= 0.6 is 11.8 Å². The molecular formula is C22H24N4OS. The number of hydrogen-bond donors (Lipinski definition) is 1. The summed E-state index contributed by atoms with van der Waals surface area (Å²) in [5.74, 6) is 1.48. The van der Waals surface area contributed by atoms with Crippen LogP contribution in [0.4, 0.5) is 0 Å². The second-order valence-corrected chi connectivity index (χ2v) is 9.13. The Kier molecular flexibility index (Phi) is 4.38. The lowest BCUT2D eigenvalue weighted by atomic mass is 10.0. The van der Waals surface area contributed by atoms with Gasteiger partial charge in [-0.2, -0.15) is 5.10 Å². The Bertz CT molecular complexity index is 1050. The molecule has 28 heavy (non-hydrogen) atoms. The van der Waals surface area contributed by atoms with Gasteiger partial charge >= 0.3 is 0 Å². The van der Waals surface area contributed by atoms with E-state index in [1.54, 1.807) is 6.20 Å². The van der Waals surface area contributed by atoms with Gasteiger partial charge in [-0.1, -0.05) is 18.2 Å². The molecule has 6 heteroatoms. The number of rotatable bonds is 4. The number of nitrogens with zero attached hydrogens (tertiary/aromatic N) is 3. The van der Waals surface area contributed by atoms with E-state index >= 15 is 0 Å². The maximum atomic E-state index is 13.3. The Morgan fingerprint density at radius 2 is 2.07 bits per heavy atom. The fourth-order valence-electron chi connectivity index (χ4n) is 3.92. The Labute approximate surface area is 168 Å². The van der Waals surface area contributed by atoms with Crippen LogP contribution in [0.5, 0.6) is 0 Å². The number of fused-ring (bicyclic) bond motifs is 2. The molecule has 1 saturated carbocycles. The monoisotopic (exact) mass is 392 g/mol. The normalized spacial score (nSPS) is 19.0. The molecule has 3 aromatic rings. The molecule has 0 saturated heterocycles. The SMILES string of the molecule is CC(C)n1ncc2c(C(=O)N[C@H]3CCSc4ccccc43)cc(C3CC3)nc21. The van der Waals surface area contributed by atoms with Gasteiger partial charge in [-0.25, -0.2) is 9.67 Å². The molecule has 0 spiro atoms. The average molecular weight is 393 g/mol. The zero-order valence-electron chi connectivity index (χ0n) is 16.2. The summed E-state index contributed by atoms with van der Waals surface area (Å²) in [4.78, 5) is 19.5. The van der Waals surface area contributed by atoms with E-state index in [2.05, 4.69) is 42.5 Å². The number of carbonyl (C=O) groups is 1. The minimum Gasteiger partial charge on any atom is -0.345 e. The first kappa shape index (κ1) is 17.7. The maximum absolute atomic E-state index is 13.3. The molecule has 0 radical (unpaired) electrons. The maximum Gasteiger partial charge on any atom is 0.252 e. The highest BCUT2D eigenvalue weighted by Crippen LogP contribution is 2.41. The van der Waals surface area contributed by atoms with Crippen molar-refractivity contribution in [3.63, 3.8) is 0 Å². The summed E-state index contributed by atoms with van der Waals surface area (Å²) in [6.45, 7) is 4.18. The number of thioether (sulfide) groups is 1. The van der Waals surface area contributed by atoms with Crippen molar-refractivity contribution >= 4 is 28.7 Å². The highest BCUT2D eigenvalue weighted by molar-refractivity contribution is 7.99. The van der Waals surface area contributed by atoms with Gasteiger partial charge in [-0.05, 0) is 50.8 Å². The number of hydrogen-bond acceptors (Lipinski definition) is 4. The van der Waals surface area contributed by atoms with E-state index in [4.69, 9.17) is 4.98 Å². The highest BCUT2D eigenvalue weighted by atomic mass is 32.2. The second-order valence-electron chi connectivity index (χ2n) is 7.99. The molecule has 1 N–H and O–H groups in total. The molecular weight excluding hydrogens is 368 g/mol. The number of carbonyl (C=O) groups excluding carboxylic acids is 1. The van der Waals surface area contributed by atoms with Gasteiger partial charge in [0.05, 0.1) is 23.2 Å². The molecule has 0 bridgehead atoms. The van der Waals surface area contributed by atoms with Gasteiger partial charge in [0.25, 0.3) is 5.91 Å². The molecule has 144 valence electrons. The van der Waals surface area contributed by atoms with Crippen molar-refractivity contribution < 1.29 is 4.79 Å². The lowest BCUT2D eigenvalue weighted by Crippen LogP contribution is -2.31. The van der Waals surface area contributed by atoms with Gasteiger partial charge in [0, 0.05) is 28.3 Å². The third-order valence-corrected chi connectivity index (χ3v) is 6.70. The number of benzene rings is 1. The van der Waals surface area contributed by atoms with Crippen LogP contribution in [0.15, 0.2) is 41.4 Å². The van der Waals surface area contributed by atoms with Crippen LogP contribution in [-0.2, 0) is 0 Å². The molecule has 1 fully saturated rings. The summed E-state index contributed by atoms with van der Waals surface area (Å²) in [5, 5.41) is 8.65. The van der Waals surface area contributed by atoms with E-state index in [-0.39, 0.29) is 18.0 Å². The summed E-state index contributed by atoms with van der Waals surface area (Å²) < 4.78 is 1.92. The Morgan fingerprint density at radius 1 is 1.25 bits per heavy atom. The smallest absolute Gasteiger partial charge is 0.252 e. The van der Waals surface area contributed by atoms with Crippen molar-refractivity contribution in [2.45, 2.75) is 56.0 Å². The topological polar surface area (TPSA) is 59.8 Å². The minimum atomic E-state index is -0.0238. The summed E-state index contributed by atoms with van der Waals surface area (Å²) in [6.07, 6.45) is 5.05. The molecule has 5 nitrogen and oxygen atoms in total. The molecule has 1 atom stereocenters. The number of pyridine rings is 1. The first-order chi connectivity index (χ1) is 13.6. The Hall–Kier alpha value is -2.34. The predicted molar refractivity (Wildman–Crippen MR) is 112 cm³/mol. The molecule has 1 amide bonds. The molecule has 1 aliphatic carbocycles. The van der Waals surface area contributed by atoms with E-state index in [0.717, 1.165) is 41.7 Å². The van der Waals surface area contributed by atoms with Crippen LogP contribution in [0, 0.1) is 0 Å². The number of aromatic nitrogens is 3. The fourth-order valence-corrected chi connectivity index (χ4v) is 5.04. The largest absolute Gasteiger partial charge is 0.345 e. The van der Waals surface area contributed by atoms with Crippen molar-refractivity contribution in [2.75, 3.05) is 5.75 Å². The van der Waals surface area contributed by atoms with Crippen molar-refractivity contribution in [3.8, 4) is 0 Å². The van der Waals surface area contributed by atoms with Crippen LogP contribution in [0.3, 0.4) is 0 Å². The van der Waals surface area contributed by atoms with Crippen LogP contribution in [-0.4, -0.2) is 26.4 Å². The third-order valence-electron chi connectivity index (χ3n) is 5.58. The lowest BCUT2D eigenvalue weighted by molar-refractivity contribution is 0.0936. The van der Waals surface area contributed by atoms with Crippen molar-refractivity contribution in [2.24, 2.45) is 0 Å². The van der Waals surface area contributed by atoms with E-state index in [1.165, 1.54) is 10.5 Å². The molecule has 1 aliphatic heterocycles. The zero-order chi connectivity index (χ0) is 19.3. The first-order valence-corrected chi connectivity index (χ1v) is 11.0. The van der Waals surface area contributed by atoms with E-state index in [1.807, 2.05) is 28.6 Å². The van der Waals surface area contributed by atoms with Crippen LogP contribution in [0.25, 0.3) is 11.0 Å². The molecule has 3 heterocycles. The highest BCUT2D eigenvalue weighted by Gasteiger charge is 2.29. The summed E-state index contributed by atoms with van der Waals surface area (Å²) >= 11 is 1.86. The Balaban J connectivity index is 1.53. The zero-order valence-corrected chi connectivity index (χ0v) is 17.0. The standard InChI is InChI=1S/C22H24N4OS/c1-13(2)26-21-17(12-23-26)16(11-19(24-21)14-7-8-14)22(27)25-18-9-10-28-20-6-4-3-5-15(18)20/h3-6,11-14,18H,7-10H2,1-2H3,(H,25,27)/t18-/m0/s1. The van der Waals surface area contributed by atoms with Gasteiger partial charge in [-0.3, -0.25) is 4.79 Å². The number of nitrogens with one attached hydrogen (secondary N) is 1. The summed E-state index contributed by atoms with van der Waals surface area (Å²) in [6, 6.07) is 10.6. The van der Waals surface area contributed by atoms with Crippen molar-refractivity contribution in [1.82, 2.24) is 20.1 Å². The van der Waals surface area contributed by atoms with Gasteiger partial charge in [-0.15, -0.1) is 11.8 Å². The quantitative estimate of drug-likeness (QED) is 0.689. The molecule has 0 unspecified atom stereocenters. The lowest BCUT2D eigenvalue weighted by Gasteiger charge is -2.26. The first-order valence-electron chi connectivity index (χ1n) is 10.0.